The zero-order valence-corrected chi connectivity index (χ0v) is 34.4. The summed E-state index contributed by atoms with van der Waals surface area (Å²) >= 11 is 0. The summed E-state index contributed by atoms with van der Waals surface area (Å²) in [5, 5.41) is 35.8. The SMILES string of the molecule is C=CCOC12Oc3ccc(OCc4ccccc4F)cc3C3C(CCCCO)C(CCCCO)C=C(C(=NOCc4ccc([N+](=O)[O-])cc4)CC1N(CCC)C(=O)OC)C32. The second-order valence-corrected chi connectivity index (χ2v) is 15.5. The summed E-state index contributed by atoms with van der Waals surface area (Å²) < 4.78 is 40.5. The van der Waals surface area contributed by atoms with E-state index in [4.69, 9.17) is 28.9 Å². The number of allylic oxidation sites excluding steroid dienone is 1. The van der Waals surface area contributed by atoms with Crippen LogP contribution in [0.2, 0.25) is 0 Å². The summed E-state index contributed by atoms with van der Waals surface area (Å²) in [6.45, 7) is 6.53. The Morgan fingerprint density at radius 3 is 2.50 bits per heavy atom. The van der Waals surface area contributed by atoms with Crippen molar-refractivity contribution in [3.63, 3.8) is 0 Å². The van der Waals surface area contributed by atoms with Crippen LogP contribution in [0, 0.1) is 33.7 Å². The van der Waals surface area contributed by atoms with Gasteiger partial charge in [0, 0.05) is 55.4 Å². The minimum absolute atomic E-state index is 0.00121. The Labute approximate surface area is 350 Å². The number of rotatable bonds is 21. The number of ether oxygens (including phenoxy) is 4. The number of methoxy groups -OCH3 is 1. The molecule has 0 spiro atoms. The molecule has 3 aromatic carbocycles. The number of aliphatic hydroxyl groups is 2. The van der Waals surface area contributed by atoms with Crippen molar-refractivity contribution in [1.82, 2.24) is 4.90 Å². The first-order chi connectivity index (χ1) is 29.2. The molecule has 14 heteroatoms. The number of fused-ring (bicyclic) bond motifs is 2. The van der Waals surface area contributed by atoms with E-state index >= 15 is 0 Å². The van der Waals surface area contributed by atoms with Gasteiger partial charge >= 0.3 is 6.09 Å². The summed E-state index contributed by atoms with van der Waals surface area (Å²) in [7, 11) is 1.34. The van der Waals surface area contributed by atoms with Crippen LogP contribution in [0.15, 0.2) is 96.2 Å². The normalized spacial score (nSPS) is 23.4. The Bertz CT molecular complexity index is 2010. The van der Waals surface area contributed by atoms with Gasteiger partial charge in [-0.2, -0.15) is 0 Å². The van der Waals surface area contributed by atoms with Gasteiger partial charge in [0.25, 0.3) is 5.69 Å². The van der Waals surface area contributed by atoms with Gasteiger partial charge in [0.05, 0.1) is 30.3 Å². The minimum Gasteiger partial charge on any atom is -0.489 e. The van der Waals surface area contributed by atoms with Crippen molar-refractivity contribution in [1.29, 1.82) is 0 Å². The molecule has 6 rings (SSSR count). The molecule has 322 valence electrons. The Kier molecular flexibility index (Phi) is 15.3. The molecule has 60 heavy (non-hydrogen) atoms. The van der Waals surface area contributed by atoms with Crippen LogP contribution in [-0.4, -0.2) is 77.1 Å². The van der Waals surface area contributed by atoms with E-state index in [0.29, 0.717) is 54.1 Å². The van der Waals surface area contributed by atoms with Crippen LogP contribution < -0.4 is 9.47 Å². The molecule has 13 nitrogen and oxygen atoms in total. The lowest BCUT2D eigenvalue weighted by Gasteiger charge is -2.59. The van der Waals surface area contributed by atoms with Gasteiger partial charge in [0.2, 0.25) is 5.79 Å². The molecular weight excluding hydrogens is 774 g/mol. The van der Waals surface area contributed by atoms with E-state index < -0.39 is 28.8 Å². The average Bonchev–Trinajstić information content (AvgIpc) is 3.26. The number of nitro groups is 1. The van der Waals surface area contributed by atoms with Crippen molar-refractivity contribution in [2.45, 2.75) is 89.3 Å². The number of aliphatic hydroxyl groups excluding tert-OH is 2. The molecule has 6 atom stereocenters. The monoisotopic (exact) mass is 829 g/mol. The van der Waals surface area contributed by atoms with Crippen LogP contribution in [0.25, 0.3) is 0 Å². The highest BCUT2D eigenvalue weighted by atomic mass is 19.1. The number of unbranched alkanes of at least 4 members (excludes halogenated alkanes) is 2. The van der Waals surface area contributed by atoms with Gasteiger partial charge in [-0.15, -0.1) is 6.58 Å². The zero-order chi connectivity index (χ0) is 42.6. The Morgan fingerprint density at radius 1 is 1.07 bits per heavy atom. The number of benzene rings is 3. The first-order valence-corrected chi connectivity index (χ1v) is 20.8. The fourth-order valence-electron chi connectivity index (χ4n) is 9.15. The molecule has 2 aliphatic carbocycles. The molecule has 3 aromatic rings. The van der Waals surface area contributed by atoms with E-state index in [1.165, 1.54) is 25.3 Å². The third kappa shape index (κ3) is 9.66. The van der Waals surface area contributed by atoms with Crippen molar-refractivity contribution < 1.29 is 48.1 Å². The van der Waals surface area contributed by atoms with Gasteiger partial charge in [-0.3, -0.25) is 15.0 Å². The molecule has 6 unspecified atom stereocenters. The predicted molar refractivity (Wildman–Crippen MR) is 223 cm³/mol. The molecule has 1 heterocycles. The zero-order valence-electron chi connectivity index (χ0n) is 34.4. The molecule has 3 aliphatic rings. The Morgan fingerprint density at radius 2 is 1.82 bits per heavy atom. The number of hydrogen-bond acceptors (Lipinski definition) is 11. The van der Waals surface area contributed by atoms with Gasteiger partial charge in [-0.1, -0.05) is 55.3 Å². The van der Waals surface area contributed by atoms with Gasteiger partial charge in [-0.25, -0.2) is 9.18 Å². The smallest absolute Gasteiger partial charge is 0.409 e. The predicted octanol–water partition coefficient (Wildman–Crippen LogP) is 8.63. The van der Waals surface area contributed by atoms with E-state index in [0.717, 1.165) is 36.8 Å². The number of hydrogen-bond donors (Lipinski definition) is 2. The third-order valence-electron chi connectivity index (χ3n) is 11.8. The van der Waals surface area contributed by atoms with Gasteiger partial charge < -0.3 is 34.0 Å². The maximum absolute atomic E-state index is 14.7. The maximum atomic E-state index is 14.7. The molecule has 0 bridgehead atoms. The number of nitrogens with zero attached hydrogens (tertiary/aromatic N) is 3. The van der Waals surface area contributed by atoms with Gasteiger partial charge in [0.15, 0.2) is 0 Å². The highest BCUT2D eigenvalue weighted by Gasteiger charge is 2.65. The van der Waals surface area contributed by atoms with Crippen LogP contribution >= 0.6 is 0 Å². The second kappa shape index (κ2) is 20.8. The van der Waals surface area contributed by atoms with E-state index in [9.17, 15) is 29.5 Å². The largest absolute Gasteiger partial charge is 0.489 e. The summed E-state index contributed by atoms with van der Waals surface area (Å²) in [5.41, 5.74) is 3.37. The second-order valence-electron chi connectivity index (χ2n) is 15.5. The molecule has 1 amide bonds. The summed E-state index contributed by atoms with van der Waals surface area (Å²) in [5.74, 6) is -1.60. The minimum atomic E-state index is -1.46. The number of halogens is 1. The van der Waals surface area contributed by atoms with Crippen LogP contribution in [-0.2, 0) is 27.5 Å². The molecule has 0 aromatic heterocycles. The molecule has 2 N–H and O–H groups in total. The van der Waals surface area contributed by atoms with Crippen LogP contribution in [0.5, 0.6) is 11.5 Å². The number of non-ortho nitro benzene ring substituents is 1. The third-order valence-corrected chi connectivity index (χ3v) is 11.8. The lowest BCUT2D eigenvalue weighted by molar-refractivity contribution is -0.384. The fraction of sp³-hybridized carbons (Fsp3) is 0.478. The van der Waals surface area contributed by atoms with Crippen molar-refractivity contribution in [3.8, 4) is 11.5 Å². The highest BCUT2D eigenvalue weighted by molar-refractivity contribution is 6.03. The van der Waals surface area contributed by atoms with Crippen LogP contribution in [0.3, 0.4) is 0 Å². The standard InChI is InChI=1S/C46H56FN3O10/c1-4-22-49(45(53)56-3)42-28-40(48-59-29-31-16-18-34(19-17-31)50(54)55)37-26-32(12-8-10-23-51)36(14-9-11-24-52)43-38-27-35(57-30-33-13-6-7-15-39(33)47)20-21-41(38)60-46(42,44(37)43)58-25-5-2/h5-7,13,15-21,26-27,32,36,42-44,51-52H,2,4,8-12,14,22-25,28-30H2,1,3H3. The quantitative estimate of drug-likeness (QED) is 0.0460. The van der Waals surface area contributed by atoms with Crippen molar-refractivity contribution in [2.24, 2.45) is 22.9 Å². The maximum Gasteiger partial charge on any atom is 0.409 e. The van der Waals surface area contributed by atoms with Crippen molar-refractivity contribution in [2.75, 3.05) is 33.5 Å². The molecule has 1 saturated carbocycles. The highest BCUT2D eigenvalue weighted by Crippen LogP contribution is 2.62. The van der Waals surface area contributed by atoms with E-state index in [2.05, 4.69) is 12.7 Å². The van der Waals surface area contributed by atoms with Crippen molar-refractivity contribution >= 4 is 17.5 Å². The number of carbonyl (C=O) groups excluding carboxylic acids is 1. The molecular formula is C46H56FN3O10. The van der Waals surface area contributed by atoms with E-state index in [1.807, 2.05) is 19.1 Å². The van der Waals surface area contributed by atoms with Crippen LogP contribution in [0.1, 0.15) is 80.9 Å². The fourth-order valence-corrected chi connectivity index (χ4v) is 9.15. The topological polar surface area (TPSA) is 162 Å². The number of nitro benzene ring substituents is 1. The first-order valence-electron chi connectivity index (χ1n) is 20.8. The van der Waals surface area contributed by atoms with Crippen LogP contribution in [0.4, 0.5) is 14.9 Å². The number of oxime groups is 1. The molecule has 0 saturated heterocycles. The molecule has 1 aliphatic heterocycles. The molecule has 1 fully saturated rings. The van der Waals surface area contributed by atoms with Gasteiger partial charge in [-0.05, 0) is 91.5 Å². The number of carbonyl (C=O) groups is 1. The van der Waals surface area contributed by atoms with Gasteiger partial charge in [0.1, 0.15) is 36.6 Å². The number of amides is 1. The first kappa shape index (κ1) is 44.2. The van der Waals surface area contributed by atoms with E-state index in [-0.39, 0.29) is 68.7 Å². The Hall–Kier alpha value is -5.31. The summed E-state index contributed by atoms with van der Waals surface area (Å²) in [4.78, 5) is 32.4. The lowest BCUT2D eigenvalue weighted by atomic mass is 9.55. The lowest BCUT2D eigenvalue weighted by Crippen LogP contribution is -2.70. The van der Waals surface area contributed by atoms with Crippen molar-refractivity contribution in [3.05, 3.63) is 124 Å². The summed E-state index contributed by atoms with van der Waals surface area (Å²) in [6, 6.07) is 17.4. The van der Waals surface area contributed by atoms with E-state index in [1.54, 1.807) is 47.4 Å². The average molecular weight is 830 g/mol. The summed E-state index contributed by atoms with van der Waals surface area (Å²) in [6.07, 6.45) is 8.40. The molecule has 0 radical (unpaired) electrons. The Balaban J connectivity index is 1.54.